The molecule has 1 heterocycles. The van der Waals surface area contributed by atoms with Crippen molar-refractivity contribution in [3.05, 3.63) is 42.0 Å². The van der Waals surface area contributed by atoms with Crippen LogP contribution >= 0.6 is 11.8 Å². The second-order valence-electron chi connectivity index (χ2n) is 3.39. The largest absolute Gasteiger partial charge is 0.291 e. The Morgan fingerprint density at radius 2 is 2.24 bits per heavy atom. The molecule has 2 aromatic rings. The number of hydrogen-bond donors (Lipinski definition) is 0. The van der Waals surface area contributed by atoms with E-state index in [1.165, 1.54) is 28.7 Å². The fraction of sp³-hybridized carbons (Fsp3) is 0.182. The molecule has 6 heteroatoms. The number of Topliss-reactive ketones (excluding diaryl/α,β-unsaturated/α-hetero) is 1. The van der Waals surface area contributed by atoms with Gasteiger partial charge in [-0.05, 0) is 12.1 Å². The Labute approximate surface area is 102 Å². The van der Waals surface area contributed by atoms with E-state index < -0.39 is 0 Å². The number of carbonyl (C=O) groups is 1. The van der Waals surface area contributed by atoms with Crippen molar-refractivity contribution in [1.82, 2.24) is 15.0 Å². The first-order chi connectivity index (χ1) is 8.18. The molecule has 0 aliphatic heterocycles. The summed E-state index contributed by atoms with van der Waals surface area (Å²) in [6, 6.07) is 6.38. The van der Waals surface area contributed by atoms with Gasteiger partial charge in [-0.3, -0.25) is 4.79 Å². The highest BCUT2D eigenvalue weighted by Gasteiger charge is 2.12. The number of hydrogen-bond acceptors (Lipinski definition) is 4. The van der Waals surface area contributed by atoms with Gasteiger partial charge < -0.3 is 0 Å². The number of ketones is 1. The molecule has 0 saturated carbocycles. The van der Waals surface area contributed by atoms with Crippen LogP contribution in [0.3, 0.4) is 0 Å². The first kappa shape index (κ1) is 11.8. The van der Waals surface area contributed by atoms with Crippen molar-refractivity contribution >= 4 is 17.5 Å². The maximum Gasteiger partial charge on any atom is 0.192 e. The topological polar surface area (TPSA) is 47.8 Å². The van der Waals surface area contributed by atoms with Crippen molar-refractivity contribution in [2.75, 3.05) is 5.75 Å². The van der Waals surface area contributed by atoms with Gasteiger partial charge in [0.1, 0.15) is 11.5 Å². The molecule has 0 amide bonds. The second kappa shape index (κ2) is 5.09. The summed E-state index contributed by atoms with van der Waals surface area (Å²) in [7, 11) is 1.65. The van der Waals surface area contributed by atoms with Crippen LogP contribution in [0.1, 0.15) is 10.5 Å². The SMILES string of the molecule is Cn1nncc1C(=O)CSc1ccccc1F. The number of carbonyl (C=O) groups excluding carboxylic acids is 1. The number of aromatic nitrogens is 3. The van der Waals surface area contributed by atoms with Crippen LogP contribution in [0.15, 0.2) is 35.4 Å². The molecule has 0 N–H and O–H groups in total. The van der Waals surface area contributed by atoms with Crippen molar-refractivity contribution in [3.8, 4) is 0 Å². The molecule has 0 bridgehead atoms. The zero-order valence-corrected chi connectivity index (χ0v) is 9.95. The van der Waals surface area contributed by atoms with Gasteiger partial charge in [0.05, 0.1) is 11.9 Å². The lowest BCUT2D eigenvalue weighted by molar-refractivity contribution is 0.101. The number of nitrogens with zero attached hydrogens (tertiary/aromatic N) is 3. The van der Waals surface area contributed by atoms with Gasteiger partial charge in [-0.2, -0.15) is 0 Å². The minimum absolute atomic E-state index is 0.120. The molecule has 1 aromatic carbocycles. The summed E-state index contributed by atoms with van der Waals surface area (Å²) >= 11 is 1.17. The maximum absolute atomic E-state index is 13.3. The molecular weight excluding hydrogens is 241 g/mol. The van der Waals surface area contributed by atoms with Gasteiger partial charge in [-0.1, -0.05) is 17.3 Å². The lowest BCUT2D eigenvalue weighted by atomic mass is 10.3. The summed E-state index contributed by atoms with van der Waals surface area (Å²) in [6.45, 7) is 0. The van der Waals surface area contributed by atoms with E-state index in [-0.39, 0.29) is 17.4 Å². The summed E-state index contributed by atoms with van der Waals surface area (Å²) in [4.78, 5) is 12.2. The molecule has 17 heavy (non-hydrogen) atoms. The average Bonchev–Trinajstić information content (AvgIpc) is 2.74. The lowest BCUT2D eigenvalue weighted by Gasteiger charge is -2.02. The summed E-state index contributed by atoms with van der Waals surface area (Å²) in [5, 5.41) is 7.30. The first-order valence-electron chi connectivity index (χ1n) is 4.93. The summed E-state index contributed by atoms with van der Waals surface area (Å²) < 4.78 is 14.7. The zero-order valence-electron chi connectivity index (χ0n) is 9.13. The molecule has 0 atom stereocenters. The smallest absolute Gasteiger partial charge is 0.192 e. The minimum Gasteiger partial charge on any atom is -0.291 e. The van der Waals surface area contributed by atoms with E-state index in [4.69, 9.17) is 0 Å². The lowest BCUT2D eigenvalue weighted by Crippen LogP contribution is -2.09. The van der Waals surface area contributed by atoms with Crippen LogP contribution in [0.25, 0.3) is 0 Å². The fourth-order valence-electron chi connectivity index (χ4n) is 1.32. The second-order valence-corrected chi connectivity index (χ2v) is 4.40. The Kier molecular flexibility index (Phi) is 3.53. The fourth-order valence-corrected chi connectivity index (χ4v) is 2.14. The van der Waals surface area contributed by atoms with E-state index in [0.29, 0.717) is 10.6 Å². The van der Waals surface area contributed by atoms with Crippen LogP contribution in [-0.4, -0.2) is 26.5 Å². The minimum atomic E-state index is -0.312. The number of thioether (sulfide) groups is 1. The van der Waals surface area contributed by atoms with Crippen molar-refractivity contribution in [2.24, 2.45) is 7.05 Å². The summed E-state index contributed by atoms with van der Waals surface area (Å²) in [6.07, 6.45) is 1.41. The van der Waals surface area contributed by atoms with E-state index in [1.54, 1.807) is 25.2 Å². The van der Waals surface area contributed by atoms with Crippen molar-refractivity contribution < 1.29 is 9.18 Å². The molecular formula is C11H10FN3OS. The van der Waals surface area contributed by atoms with Gasteiger partial charge in [-0.25, -0.2) is 9.07 Å². The van der Waals surface area contributed by atoms with Crippen LogP contribution in [0.2, 0.25) is 0 Å². The normalized spacial score (nSPS) is 10.5. The Hall–Kier alpha value is -1.69. The van der Waals surface area contributed by atoms with Crippen molar-refractivity contribution in [2.45, 2.75) is 4.90 Å². The van der Waals surface area contributed by atoms with Crippen LogP contribution in [0, 0.1) is 5.82 Å². The third-order valence-corrected chi connectivity index (χ3v) is 3.24. The molecule has 2 rings (SSSR count). The number of benzene rings is 1. The van der Waals surface area contributed by atoms with Gasteiger partial charge in [0.2, 0.25) is 0 Å². The maximum atomic E-state index is 13.3. The highest BCUT2D eigenvalue weighted by Crippen LogP contribution is 2.21. The Morgan fingerprint density at radius 3 is 2.88 bits per heavy atom. The highest BCUT2D eigenvalue weighted by atomic mass is 32.2. The summed E-state index contributed by atoms with van der Waals surface area (Å²) in [5.74, 6) is -0.263. The van der Waals surface area contributed by atoms with Crippen LogP contribution in [0.5, 0.6) is 0 Å². The standard InChI is InChI=1S/C11H10FN3OS/c1-15-9(6-13-14-15)10(16)7-17-11-5-3-2-4-8(11)12/h2-6H,7H2,1H3. The van der Waals surface area contributed by atoms with Crippen LogP contribution in [-0.2, 0) is 7.05 Å². The third kappa shape index (κ3) is 2.71. The Balaban J connectivity index is 2.02. The highest BCUT2D eigenvalue weighted by molar-refractivity contribution is 8.00. The summed E-state index contributed by atoms with van der Waals surface area (Å²) in [5.41, 5.74) is 0.425. The number of halogens is 1. The molecule has 0 unspecified atom stereocenters. The third-order valence-electron chi connectivity index (χ3n) is 2.20. The van der Waals surface area contributed by atoms with Gasteiger partial charge in [0, 0.05) is 11.9 Å². The predicted molar refractivity (Wildman–Crippen MR) is 62.5 cm³/mol. The molecule has 0 fully saturated rings. The van der Waals surface area contributed by atoms with Gasteiger partial charge in [0.25, 0.3) is 0 Å². The van der Waals surface area contributed by atoms with Crippen LogP contribution < -0.4 is 0 Å². The van der Waals surface area contributed by atoms with E-state index >= 15 is 0 Å². The molecule has 0 radical (unpaired) electrons. The van der Waals surface area contributed by atoms with Crippen molar-refractivity contribution in [1.29, 1.82) is 0 Å². The van der Waals surface area contributed by atoms with Gasteiger partial charge in [0.15, 0.2) is 5.78 Å². The first-order valence-corrected chi connectivity index (χ1v) is 5.92. The quantitative estimate of drug-likeness (QED) is 0.615. The molecule has 0 aliphatic rings. The van der Waals surface area contributed by atoms with Gasteiger partial charge >= 0.3 is 0 Å². The molecule has 0 saturated heterocycles. The van der Waals surface area contributed by atoms with Crippen LogP contribution in [0.4, 0.5) is 4.39 Å². The number of rotatable bonds is 4. The van der Waals surface area contributed by atoms with E-state index in [0.717, 1.165) is 0 Å². The molecule has 4 nitrogen and oxygen atoms in total. The molecule has 0 aliphatic carbocycles. The molecule has 0 spiro atoms. The van der Waals surface area contributed by atoms with Crippen molar-refractivity contribution in [3.63, 3.8) is 0 Å². The molecule has 1 aromatic heterocycles. The predicted octanol–water partition coefficient (Wildman–Crippen LogP) is 1.93. The Morgan fingerprint density at radius 1 is 1.47 bits per heavy atom. The van der Waals surface area contributed by atoms with Gasteiger partial charge in [-0.15, -0.1) is 16.9 Å². The average molecular weight is 251 g/mol. The number of aryl methyl sites for hydroxylation is 1. The van der Waals surface area contributed by atoms with E-state index in [9.17, 15) is 9.18 Å². The zero-order chi connectivity index (χ0) is 12.3. The molecule has 88 valence electrons. The van der Waals surface area contributed by atoms with E-state index in [1.807, 2.05) is 0 Å². The monoisotopic (exact) mass is 251 g/mol. The van der Waals surface area contributed by atoms with E-state index in [2.05, 4.69) is 10.3 Å². The Bertz CT molecular complexity index is 541.